The lowest BCUT2D eigenvalue weighted by Crippen LogP contribution is -2.30. The van der Waals surface area contributed by atoms with Gasteiger partial charge in [-0.3, -0.25) is 9.97 Å². The molecule has 4 heterocycles. The Morgan fingerprint density at radius 2 is 2.18 bits per heavy atom. The Morgan fingerprint density at radius 1 is 1.23 bits per heavy atom. The lowest BCUT2D eigenvalue weighted by Gasteiger charge is -2.27. The van der Waals surface area contributed by atoms with Gasteiger partial charge >= 0.3 is 0 Å². The number of aryl methyl sites for hydroxylation is 1. The van der Waals surface area contributed by atoms with Crippen LogP contribution in [-0.4, -0.2) is 21.5 Å². The normalized spacial score (nSPS) is 14.0. The summed E-state index contributed by atoms with van der Waals surface area (Å²) in [6.07, 6.45) is 6.37. The first-order chi connectivity index (χ1) is 10.8. The van der Waals surface area contributed by atoms with Crippen molar-refractivity contribution in [2.75, 3.05) is 11.4 Å². The van der Waals surface area contributed by atoms with Crippen LogP contribution in [0, 0.1) is 6.92 Å². The van der Waals surface area contributed by atoms with E-state index < -0.39 is 0 Å². The summed E-state index contributed by atoms with van der Waals surface area (Å²) in [5.41, 5.74) is 4.07. The molecule has 22 heavy (non-hydrogen) atoms. The van der Waals surface area contributed by atoms with Gasteiger partial charge in [-0.1, -0.05) is 6.07 Å². The molecule has 3 aromatic heterocycles. The van der Waals surface area contributed by atoms with Gasteiger partial charge in [0.25, 0.3) is 0 Å². The Kier molecular flexibility index (Phi) is 3.11. The maximum Gasteiger partial charge on any atom is 0.245 e. The fourth-order valence-electron chi connectivity index (χ4n) is 2.73. The number of oxazole rings is 1. The third-order valence-corrected chi connectivity index (χ3v) is 3.84. The Bertz CT molecular complexity index is 797. The van der Waals surface area contributed by atoms with Crippen molar-refractivity contribution in [2.45, 2.75) is 19.9 Å². The van der Waals surface area contributed by atoms with Gasteiger partial charge in [-0.15, -0.1) is 0 Å². The average Bonchev–Trinajstić information content (AvgIpc) is 2.99. The molecule has 0 amide bonds. The molecule has 0 bridgehead atoms. The molecule has 4 rings (SSSR count). The molecule has 0 saturated heterocycles. The summed E-state index contributed by atoms with van der Waals surface area (Å²) in [5.74, 6) is 1.58. The van der Waals surface area contributed by atoms with E-state index in [0.717, 1.165) is 47.9 Å². The van der Waals surface area contributed by atoms with Crippen LogP contribution >= 0.6 is 0 Å². The minimum Gasteiger partial charge on any atom is -0.439 e. The van der Waals surface area contributed by atoms with Gasteiger partial charge in [0.1, 0.15) is 17.1 Å². The molecule has 0 saturated carbocycles. The predicted octanol–water partition coefficient (Wildman–Crippen LogP) is 3.00. The third-order valence-electron chi connectivity index (χ3n) is 3.84. The molecule has 0 radical (unpaired) electrons. The van der Waals surface area contributed by atoms with E-state index in [4.69, 9.17) is 4.42 Å². The minimum absolute atomic E-state index is 0.606. The van der Waals surface area contributed by atoms with Gasteiger partial charge in [0.05, 0.1) is 18.4 Å². The number of hydrogen-bond acceptors (Lipinski definition) is 5. The topological polar surface area (TPSA) is 55.1 Å². The fourth-order valence-corrected chi connectivity index (χ4v) is 2.73. The smallest absolute Gasteiger partial charge is 0.245 e. The van der Waals surface area contributed by atoms with Gasteiger partial charge < -0.3 is 9.32 Å². The zero-order valence-corrected chi connectivity index (χ0v) is 12.4. The highest BCUT2D eigenvalue weighted by molar-refractivity contribution is 5.50. The molecule has 5 nitrogen and oxygen atoms in total. The monoisotopic (exact) mass is 292 g/mol. The summed E-state index contributed by atoms with van der Waals surface area (Å²) in [6.45, 7) is 3.72. The molecule has 0 atom stereocenters. The number of nitrogens with zero attached hydrogens (tertiary/aromatic N) is 4. The van der Waals surface area contributed by atoms with Crippen LogP contribution in [0.4, 0.5) is 5.69 Å². The standard InChI is InChI=1S/C17H16N4O/c1-12-8-13(10-18-9-12)21-7-5-16-15(11-21)20-17(22-16)14-4-2-3-6-19-14/h2-4,6,8-10H,5,7,11H2,1H3. The number of anilines is 1. The molecule has 0 fully saturated rings. The highest BCUT2D eigenvalue weighted by atomic mass is 16.4. The van der Waals surface area contributed by atoms with Gasteiger partial charge in [0.2, 0.25) is 5.89 Å². The number of fused-ring (bicyclic) bond motifs is 1. The molecule has 110 valence electrons. The molecule has 1 aliphatic rings. The van der Waals surface area contributed by atoms with Crippen molar-refractivity contribution in [1.29, 1.82) is 0 Å². The summed E-state index contributed by atoms with van der Waals surface area (Å²) in [6, 6.07) is 7.90. The third kappa shape index (κ3) is 2.35. The van der Waals surface area contributed by atoms with Crippen LogP contribution in [0.1, 0.15) is 17.0 Å². The first kappa shape index (κ1) is 13.0. The van der Waals surface area contributed by atoms with Crippen LogP contribution in [0.15, 0.2) is 47.3 Å². The van der Waals surface area contributed by atoms with Crippen LogP contribution < -0.4 is 4.90 Å². The first-order valence-corrected chi connectivity index (χ1v) is 7.36. The largest absolute Gasteiger partial charge is 0.439 e. The van der Waals surface area contributed by atoms with Crippen molar-refractivity contribution in [1.82, 2.24) is 15.0 Å². The summed E-state index contributed by atoms with van der Waals surface area (Å²) >= 11 is 0. The SMILES string of the molecule is Cc1cncc(N2CCc3oc(-c4ccccn4)nc3C2)c1. The second-order valence-corrected chi connectivity index (χ2v) is 5.50. The van der Waals surface area contributed by atoms with Crippen molar-refractivity contribution < 1.29 is 4.42 Å². The lowest BCUT2D eigenvalue weighted by molar-refractivity contribution is 0.498. The van der Waals surface area contributed by atoms with E-state index in [1.165, 1.54) is 0 Å². The van der Waals surface area contributed by atoms with Gasteiger partial charge in [0, 0.05) is 25.4 Å². The van der Waals surface area contributed by atoms with Crippen molar-refractivity contribution in [3.63, 3.8) is 0 Å². The molecule has 5 heteroatoms. The highest BCUT2D eigenvalue weighted by Crippen LogP contribution is 2.27. The Balaban J connectivity index is 1.63. The highest BCUT2D eigenvalue weighted by Gasteiger charge is 2.23. The van der Waals surface area contributed by atoms with E-state index >= 15 is 0 Å². The molecule has 0 N–H and O–H groups in total. The maximum absolute atomic E-state index is 5.88. The first-order valence-electron chi connectivity index (χ1n) is 7.36. The van der Waals surface area contributed by atoms with Crippen molar-refractivity contribution in [3.05, 3.63) is 59.9 Å². The van der Waals surface area contributed by atoms with E-state index in [1.54, 1.807) is 6.20 Å². The van der Waals surface area contributed by atoms with Crippen molar-refractivity contribution in [3.8, 4) is 11.6 Å². The molecule has 0 unspecified atom stereocenters. The average molecular weight is 292 g/mol. The van der Waals surface area contributed by atoms with Crippen LogP contribution in [0.2, 0.25) is 0 Å². The van der Waals surface area contributed by atoms with Crippen LogP contribution in [0.5, 0.6) is 0 Å². The lowest BCUT2D eigenvalue weighted by atomic mass is 10.1. The van der Waals surface area contributed by atoms with E-state index in [0.29, 0.717) is 5.89 Å². The maximum atomic E-state index is 5.88. The fraction of sp³-hybridized carbons (Fsp3) is 0.235. The summed E-state index contributed by atoms with van der Waals surface area (Å²) < 4.78 is 5.88. The molecular weight excluding hydrogens is 276 g/mol. The van der Waals surface area contributed by atoms with E-state index in [9.17, 15) is 0 Å². The second-order valence-electron chi connectivity index (χ2n) is 5.50. The quantitative estimate of drug-likeness (QED) is 0.726. The summed E-state index contributed by atoms with van der Waals surface area (Å²) in [4.78, 5) is 15.5. The number of aromatic nitrogens is 3. The molecule has 3 aromatic rings. The van der Waals surface area contributed by atoms with Crippen LogP contribution in [0.3, 0.4) is 0 Å². The Morgan fingerprint density at radius 3 is 3.00 bits per heavy atom. The Hall–Kier alpha value is -2.69. The summed E-state index contributed by atoms with van der Waals surface area (Å²) in [5, 5.41) is 0. The van der Waals surface area contributed by atoms with Crippen LogP contribution in [0.25, 0.3) is 11.6 Å². The minimum atomic E-state index is 0.606. The van der Waals surface area contributed by atoms with E-state index in [-0.39, 0.29) is 0 Å². The molecule has 1 aliphatic heterocycles. The number of rotatable bonds is 2. The van der Waals surface area contributed by atoms with E-state index in [2.05, 4.69) is 32.8 Å². The summed E-state index contributed by atoms with van der Waals surface area (Å²) in [7, 11) is 0. The second kappa shape index (κ2) is 5.26. The van der Waals surface area contributed by atoms with Crippen molar-refractivity contribution >= 4 is 5.69 Å². The number of hydrogen-bond donors (Lipinski definition) is 0. The zero-order chi connectivity index (χ0) is 14.9. The molecule has 0 spiro atoms. The predicted molar refractivity (Wildman–Crippen MR) is 83.5 cm³/mol. The van der Waals surface area contributed by atoms with Gasteiger partial charge in [-0.2, -0.15) is 0 Å². The van der Waals surface area contributed by atoms with Crippen molar-refractivity contribution in [2.24, 2.45) is 0 Å². The van der Waals surface area contributed by atoms with E-state index in [1.807, 2.05) is 30.6 Å². The van der Waals surface area contributed by atoms with Gasteiger partial charge in [0.15, 0.2) is 0 Å². The Labute approximate surface area is 128 Å². The number of pyridine rings is 2. The van der Waals surface area contributed by atoms with Crippen LogP contribution in [-0.2, 0) is 13.0 Å². The zero-order valence-electron chi connectivity index (χ0n) is 12.4. The van der Waals surface area contributed by atoms with Gasteiger partial charge in [-0.05, 0) is 30.7 Å². The molecule has 0 aromatic carbocycles. The molecular formula is C17H16N4O. The molecule has 0 aliphatic carbocycles. The van der Waals surface area contributed by atoms with Gasteiger partial charge in [-0.25, -0.2) is 4.98 Å².